The number of benzene rings is 1. The van der Waals surface area contributed by atoms with Gasteiger partial charge in [-0.3, -0.25) is 4.79 Å². The van der Waals surface area contributed by atoms with Crippen LogP contribution in [0.25, 0.3) is 10.9 Å². The largest absolute Gasteiger partial charge is 0.473 e. The highest BCUT2D eigenvalue weighted by Crippen LogP contribution is 2.38. The van der Waals surface area contributed by atoms with Crippen LogP contribution in [0.5, 0.6) is 0 Å². The minimum atomic E-state index is -1.82. The second kappa shape index (κ2) is 6.87. The average molecular weight is 362 g/mol. The van der Waals surface area contributed by atoms with Crippen molar-refractivity contribution >= 4 is 28.6 Å². The van der Waals surface area contributed by atoms with E-state index in [9.17, 15) is 9.18 Å². The molecule has 26 heavy (non-hydrogen) atoms. The van der Waals surface area contributed by atoms with Crippen molar-refractivity contribution in [2.45, 2.75) is 32.2 Å². The monoisotopic (exact) mass is 362 g/mol. The Morgan fingerprint density at radius 1 is 1.19 bits per heavy atom. The molecule has 0 radical (unpaired) electrons. The van der Waals surface area contributed by atoms with Gasteiger partial charge in [0.1, 0.15) is 5.82 Å². The lowest BCUT2D eigenvalue weighted by Crippen LogP contribution is -2.22. The summed E-state index contributed by atoms with van der Waals surface area (Å²) in [5.74, 6) is -3.88. The van der Waals surface area contributed by atoms with Crippen LogP contribution in [0.4, 0.5) is 4.39 Å². The highest BCUT2D eigenvalue weighted by molar-refractivity contribution is 6.27. The molecule has 8 heteroatoms. The number of aliphatic carboxylic acids is 2. The van der Waals surface area contributed by atoms with Crippen LogP contribution in [-0.2, 0) is 22.4 Å². The molecular formula is C18H19FN2O5. The number of carboxylic acid groups (broad SMARTS) is 2. The number of Topliss-reactive ketones (excluding diaryl/α,β-unsaturated/α-hetero) is 1. The van der Waals surface area contributed by atoms with Crippen LogP contribution >= 0.6 is 0 Å². The van der Waals surface area contributed by atoms with E-state index in [2.05, 4.69) is 16.8 Å². The highest BCUT2D eigenvalue weighted by atomic mass is 19.1. The fraction of sp³-hybridized carbons (Fsp3) is 0.389. The summed E-state index contributed by atoms with van der Waals surface area (Å²) in [7, 11) is 0. The molecule has 7 nitrogen and oxygen atoms in total. The predicted octanol–water partition coefficient (Wildman–Crippen LogP) is 1.77. The maximum absolute atomic E-state index is 13.9. The summed E-state index contributed by atoms with van der Waals surface area (Å²) in [6, 6.07) is 3.18. The topological polar surface area (TPSA) is 109 Å². The lowest BCUT2D eigenvalue weighted by molar-refractivity contribution is -0.159. The van der Waals surface area contributed by atoms with Gasteiger partial charge in [0, 0.05) is 42.1 Å². The Morgan fingerprint density at radius 3 is 2.50 bits per heavy atom. The van der Waals surface area contributed by atoms with Gasteiger partial charge in [0.15, 0.2) is 5.78 Å². The van der Waals surface area contributed by atoms with E-state index in [1.54, 1.807) is 6.07 Å². The van der Waals surface area contributed by atoms with E-state index < -0.39 is 11.9 Å². The van der Waals surface area contributed by atoms with Crippen molar-refractivity contribution in [3.8, 4) is 0 Å². The quantitative estimate of drug-likeness (QED) is 0.617. The molecule has 138 valence electrons. The van der Waals surface area contributed by atoms with Gasteiger partial charge in [-0.2, -0.15) is 0 Å². The second-order valence-electron chi connectivity index (χ2n) is 6.48. The first kappa shape index (κ1) is 18.1. The Labute approximate surface area is 148 Å². The number of nitrogens with one attached hydrogen (secondary N) is 1. The predicted molar refractivity (Wildman–Crippen MR) is 91.1 cm³/mol. The highest BCUT2D eigenvalue weighted by Gasteiger charge is 2.30. The number of fused-ring (bicyclic) bond motifs is 3. The van der Waals surface area contributed by atoms with Crippen LogP contribution in [0.15, 0.2) is 12.1 Å². The van der Waals surface area contributed by atoms with Gasteiger partial charge in [-0.25, -0.2) is 14.0 Å². The molecule has 1 atom stereocenters. The smallest absolute Gasteiger partial charge is 0.414 e. The number of ketones is 1. The Bertz CT molecular complexity index is 906. The standard InChI is InChI=1S/C16H17FN2O.C2H2O4/c1-9-6-15(20)13-8-10(17)7-12-11-2-4-18-5-3-14(11)19(9)16(12)13;3-1(4)2(5)6/h7-9,18H,2-6H2,1H3;(H,3,4)(H,5,6). The molecule has 2 aliphatic rings. The van der Waals surface area contributed by atoms with Crippen LogP contribution < -0.4 is 5.32 Å². The maximum atomic E-state index is 13.9. The third-order valence-electron chi connectivity index (χ3n) is 4.78. The van der Waals surface area contributed by atoms with Crippen molar-refractivity contribution in [2.24, 2.45) is 0 Å². The van der Waals surface area contributed by atoms with Crippen LogP contribution in [-0.4, -0.2) is 45.6 Å². The fourth-order valence-corrected chi connectivity index (χ4v) is 3.79. The van der Waals surface area contributed by atoms with Crippen LogP contribution in [0.1, 0.15) is 41.0 Å². The minimum Gasteiger partial charge on any atom is -0.473 e. The number of nitrogens with zero attached hydrogens (tertiary/aromatic N) is 1. The van der Waals surface area contributed by atoms with Crippen molar-refractivity contribution in [3.05, 3.63) is 34.8 Å². The van der Waals surface area contributed by atoms with E-state index in [0.717, 1.165) is 36.8 Å². The number of rotatable bonds is 0. The SMILES string of the molecule is CC1CC(=O)c2cc(F)cc3c4c(n1c23)CCNCC4.O=C(O)C(=O)O. The van der Waals surface area contributed by atoms with E-state index in [1.165, 1.54) is 17.3 Å². The molecule has 0 saturated carbocycles. The summed E-state index contributed by atoms with van der Waals surface area (Å²) >= 11 is 0. The number of aromatic nitrogens is 1. The number of carbonyl (C=O) groups excluding carboxylic acids is 1. The molecule has 2 aromatic rings. The summed E-state index contributed by atoms with van der Waals surface area (Å²) in [5, 5.41) is 19.1. The lowest BCUT2D eigenvalue weighted by Gasteiger charge is -2.24. The zero-order valence-electron chi connectivity index (χ0n) is 14.2. The van der Waals surface area contributed by atoms with Gasteiger partial charge < -0.3 is 20.1 Å². The van der Waals surface area contributed by atoms with E-state index in [0.29, 0.717) is 12.0 Å². The zero-order valence-corrected chi connectivity index (χ0v) is 14.2. The molecule has 0 spiro atoms. The Morgan fingerprint density at radius 2 is 1.85 bits per heavy atom. The van der Waals surface area contributed by atoms with Crippen LogP contribution in [0.3, 0.4) is 0 Å². The molecular weight excluding hydrogens is 343 g/mol. The summed E-state index contributed by atoms with van der Waals surface area (Å²) in [5.41, 5.74) is 4.05. The van der Waals surface area contributed by atoms with Gasteiger partial charge in [0.05, 0.1) is 5.52 Å². The maximum Gasteiger partial charge on any atom is 0.414 e. The van der Waals surface area contributed by atoms with Crippen LogP contribution in [0.2, 0.25) is 0 Å². The number of carboxylic acids is 2. The molecule has 4 rings (SSSR count). The van der Waals surface area contributed by atoms with Gasteiger partial charge in [-0.1, -0.05) is 0 Å². The number of hydrogen-bond donors (Lipinski definition) is 3. The third kappa shape index (κ3) is 3.08. The Hall–Kier alpha value is -2.74. The summed E-state index contributed by atoms with van der Waals surface area (Å²) in [6.07, 6.45) is 2.33. The first-order valence-corrected chi connectivity index (χ1v) is 8.36. The first-order chi connectivity index (χ1) is 12.3. The lowest BCUT2D eigenvalue weighted by atomic mass is 9.97. The normalized spacial score (nSPS) is 18.5. The molecule has 3 heterocycles. The first-order valence-electron chi connectivity index (χ1n) is 8.36. The molecule has 0 saturated heterocycles. The number of carbonyl (C=O) groups is 3. The minimum absolute atomic E-state index is 0.0697. The van der Waals surface area contributed by atoms with Crippen molar-refractivity contribution < 1.29 is 29.0 Å². The van der Waals surface area contributed by atoms with Crippen molar-refractivity contribution in [2.75, 3.05) is 13.1 Å². The molecule has 0 fully saturated rings. The molecule has 1 aromatic heterocycles. The third-order valence-corrected chi connectivity index (χ3v) is 4.78. The molecule has 0 aliphatic carbocycles. The van der Waals surface area contributed by atoms with E-state index in [-0.39, 0.29) is 17.6 Å². The second-order valence-corrected chi connectivity index (χ2v) is 6.48. The zero-order chi connectivity index (χ0) is 19.0. The molecule has 2 aliphatic heterocycles. The molecule has 0 bridgehead atoms. The number of halogens is 1. The average Bonchev–Trinajstić information content (AvgIpc) is 2.72. The van der Waals surface area contributed by atoms with Gasteiger partial charge in [0.2, 0.25) is 0 Å². The fourth-order valence-electron chi connectivity index (χ4n) is 3.79. The molecule has 0 amide bonds. The Balaban J connectivity index is 0.000000286. The summed E-state index contributed by atoms with van der Waals surface area (Å²) in [6.45, 7) is 3.95. The molecule has 1 unspecified atom stereocenters. The van der Waals surface area contributed by atoms with Crippen LogP contribution in [0, 0.1) is 5.82 Å². The molecule has 3 N–H and O–H groups in total. The van der Waals surface area contributed by atoms with Crippen molar-refractivity contribution in [1.29, 1.82) is 0 Å². The van der Waals surface area contributed by atoms with Gasteiger partial charge >= 0.3 is 11.9 Å². The van der Waals surface area contributed by atoms with Gasteiger partial charge in [0.25, 0.3) is 0 Å². The van der Waals surface area contributed by atoms with Gasteiger partial charge in [-0.15, -0.1) is 0 Å². The van der Waals surface area contributed by atoms with E-state index in [1.807, 2.05) is 0 Å². The van der Waals surface area contributed by atoms with E-state index >= 15 is 0 Å². The Kier molecular flexibility index (Phi) is 4.78. The summed E-state index contributed by atoms with van der Waals surface area (Å²) in [4.78, 5) is 30.4. The van der Waals surface area contributed by atoms with E-state index in [4.69, 9.17) is 19.8 Å². The van der Waals surface area contributed by atoms with Gasteiger partial charge in [-0.05, 0) is 37.6 Å². The van der Waals surface area contributed by atoms with Crippen molar-refractivity contribution in [3.63, 3.8) is 0 Å². The summed E-state index contributed by atoms with van der Waals surface area (Å²) < 4.78 is 16.2. The molecule has 1 aromatic carbocycles. The van der Waals surface area contributed by atoms with Crippen molar-refractivity contribution in [1.82, 2.24) is 9.88 Å². The number of hydrogen-bond acceptors (Lipinski definition) is 4.